The quantitative estimate of drug-likeness (QED) is 0.242. The molecule has 40 heavy (non-hydrogen) atoms. The smallest absolute Gasteiger partial charge is 0.261 e. The molecule has 0 unspecified atom stereocenters. The maximum Gasteiger partial charge on any atom is 0.261 e. The number of sulfonamides is 1. The van der Waals surface area contributed by atoms with Gasteiger partial charge >= 0.3 is 0 Å². The van der Waals surface area contributed by atoms with Crippen molar-refractivity contribution in [2.75, 3.05) is 24.4 Å². The lowest BCUT2D eigenvalue weighted by molar-refractivity contribution is 0.257. The second-order valence-corrected chi connectivity index (χ2v) is 13.3. The Balaban J connectivity index is 1.33. The Morgan fingerprint density at radius 2 is 1.85 bits per heavy atom. The Kier molecular flexibility index (Phi) is 9.85. The molecule has 0 amide bonds. The summed E-state index contributed by atoms with van der Waals surface area (Å²) in [7, 11) is -3.93. The molecular weight excluding hydrogens is 525 g/mol. The molecular formula is C32H42FN3O3S. The normalized spacial score (nSPS) is 14.1. The average molecular weight is 568 g/mol. The second-order valence-electron chi connectivity index (χ2n) is 11.7. The number of fused-ring (bicyclic) bond motifs is 1. The zero-order valence-electron chi connectivity index (χ0n) is 24.2. The SMILES string of the molecule is CCCCCCOc1ccc(NS(=O)(=O)c2ccc3c(c2)CCN(CCc2ccc(C(C)(C)C)nc2)C3)c(F)c1. The number of unbranched alkanes of at least 4 members (excludes halogenated alkanes) is 3. The van der Waals surface area contributed by atoms with Crippen LogP contribution in [0.1, 0.15) is 75.8 Å². The first-order valence-corrected chi connectivity index (χ1v) is 15.8. The fraction of sp³-hybridized carbons (Fsp3) is 0.469. The first-order chi connectivity index (χ1) is 19.0. The molecule has 6 nitrogen and oxygen atoms in total. The Labute approximate surface area is 239 Å². The van der Waals surface area contributed by atoms with Crippen LogP contribution >= 0.6 is 0 Å². The van der Waals surface area contributed by atoms with E-state index in [9.17, 15) is 12.8 Å². The molecule has 0 saturated heterocycles. The highest BCUT2D eigenvalue weighted by Crippen LogP contribution is 2.27. The fourth-order valence-corrected chi connectivity index (χ4v) is 5.96. The molecule has 2 aromatic carbocycles. The number of benzene rings is 2. The lowest BCUT2D eigenvalue weighted by Gasteiger charge is -2.29. The van der Waals surface area contributed by atoms with Crippen molar-refractivity contribution in [3.8, 4) is 5.75 Å². The molecule has 0 bridgehead atoms. The summed E-state index contributed by atoms with van der Waals surface area (Å²) < 4.78 is 48.9. The predicted molar refractivity (Wildman–Crippen MR) is 159 cm³/mol. The summed E-state index contributed by atoms with van der Waals surface area (Å²) in [5.74, 6) is -0.264. The lowest BCUT2D eigenvalue weighted by atomic mass is 9.91. The number of rotatable bonds is 12. The molecule has 1 aromatic heterocycles. The minimum absolute atomic E-state index is 0.0396. The maximum atomic E-state index is 14.7. The number of nitrogens with zero attached hydrogens (tertiary/aromatic N) is 2. The van der Waals surface area contributed by atoms with Crippen LogP contribution in [0.2, 0.25) is 0 Å². The van der Waals surface area contributed by atoms with Crippen LogP contribution in [0.4, 0.5) is 10.1 Å². The number of ether oxygens (including phenoxy) is 1. The molecule has 216 valence electrons. The standard InChI is InChI=1S/C32H42FN3O3S/c1-5-6-7-8-19-39-27-11-13-30(29(33)21-27)35-40(37,38)28-12-10-26-23-36(18-16-25(26)20-28)17-15-24-9-14-31(34-22-24)32(2,3)4/h9-14,20-22,35H,5-8,15-19,23H2,1-4H3. The van der Waals surface area contributed by atoms with Crippen LogP contribution in [0.5, 0.6) is 5.75 Å². The topological polar surface area (TPSA) is 71.5 Å². The molecule has 0 spiro atoms. The van der Waals surface area contributed by atoms with Crippen molar-refractivity contribution in [1.29, 1.82) is 0 Å². The third-order valence-corrected chi connectivity index (χ3v) is 8.70. The van der Waals surface area contributed by atoms with E-state index in [0.29, 0.717) is 12.4 Å². The summed E-state index contributed by atoms with van der Waals surface area (Å²) in [6, 6.07) is 13.7. The van der Waals surface area contributed by atoms with Crippen molar-refractivity contribution >= 4 is 15.7 Å². The summed E-state index contributed by atoms with van der Waals surface area (Å²) in [6.45, 7) is 11.7. The van der Waals surface area contributed by atoms with Crippen molar-refractivity contribution in [3.63, 3.8) is 0 Å². The van der Waals surface area contributed by atoms with Crippen LogP contribution in [0.3, 0.4) is 0 Å². The summed E-state index contributed by atoms with van der Waals surface area (Å²) in [5.41, 5.74) is 4.39. The van der Waals surface area contributed by atoms with Gasteiger partial charge in [-0.25, -0.2) is 12.8 Å². The highest BCUT2D eigenvalue weighted by Gasteiger charge is 2.22. The summed E-state index contributed by atoms with van der Waals surface area (Å²) in [6.07, 6.45) is 7.90. The van der Waals surface area contributed by atoms with E-state index >= 15 is 0 Å². The van der Waals surface area contributed by atoms with Gasteiger partial charge in [-0.2, -0.15) is 0 Å². The first kappa shape index (κ1) is 30.0. The van der Waals surface area contributed by atoms with E-state index in [1.54, 1.807) is 18.2 Å². The van der Waals surface area contributed by atoms with Crippen LogP contribution in [0, 0.1) is 5.82 Å². The van der Waals surface area contributed by atoms with Gasteiger partial charge in [0.05, 0.1) is 17.2 Å². The Morgan fingerprint density at radius 1 is 1.02 bits per heavy atom. The van der Waals surface area contributed by atoms with Crippen molar-refractivity contribution < 1.29 is 17.5 Å². The highest BCUT2D eigenvalue weighted by atomic mass is 32.2. The minimum atomic E-state index is -3.93. The van der Waals surface area contributed by atoms with Gasteiger partial charge in [0.2, 0.25) is 0 Å². The second kappa shape index (κ2) is 13.1. The molecule has 8 heteroatoms. The summed E-state index contributed by atoms with van der Waals surface area (Å²) >= 11 is 0. The number of aromatic nitrogens is 1. The Hall–Kier alpha value is -2.97. The van der Waals surface area contributed by atoms with E-state index < -0.39 is 15.8 Å². The summed E-state index contributed by atoms with van der Waals surface area (Å²) in [5, 5.41) is 0. The van der Waals surface area contributed by atoms with Crippen molar-refractivity contribution in [3.05, 3.63) is 82.9 Å². The van der Waals surface area contributed by atoms with Crippen molar-refractivity contribution in [2.45, 2.75) is 83.1 Å². The average Bonchev–Trinajstić information content (AvgIpc) is 2.92. The zero-order chi connectivity index (χ0) is 28.8. The van der Waals surface area contributed by atoms with Crippen LogP contribution < -0.4 is 9.46 Å². The predicted octanol–water partition coefficient (Wildman–Crippen LogP) is 6.88. The lowest BCUT2D eigenvalue weighted by Crippen LogP contribution is -2.32. The molecule has 1 aliphatic rings. The molecule has 1 N–H and O–H groups in total. The van der Waals surface area contributed by atoms with Gasteiger partial charge in [0, 0.05) is 43.0 Å². The van der Waals surface area contributed by atoms with Crippen LogP contribution in [-0.4, -0.2) is 38.0 Å². The van der Waals surface area contributed by atoms with Crippen LogP contribution in [-0.2, 0) is 34.8 Å². The van der Waals surface area contributed by atoms with E-state index in [-0.39, 0.29) is 16.0 Å². The van der Waals surface area contributed by atoms with Gasteiger partial charge in [-0.1, -0.05) is 59.1 Å². The van der Waals surface area contributed by atoms with Gasteiger partial charge in [-0.15, -0.1) is 0 Å². The van der Waals surface area contributed by atoms with E-state index in [1.165, 1.54) is 17.7 Å². The maximum absolute atomic E-state index is 14.7. The van der Waals surface area contributed by atoms with Crippen molar-refractivity contribution in [1.82, 2.24) is 9.88 Å². The number of anilines is 1. The first-order valence-electron chi connectivity index (χ1n) is 14.3. The number of hydrogen-bond donors (Lipinski definition) is 1. The third-order valence-electron chi connectivity index (χ3n) is 7.34. The fourth-order valence-electron chi connectivity index (χ4n) is 4.84. The minimum Gasteiger partial charge on any atom is -0.493 e. The van der Waals surface area contributed by atoms with E-state index in [0.717, 1.165) is 75.0 Å². The Bertz CT molecular complexity index is 1390. The van der Waals surface area contributed by atoms with Gasteiger partial charge < -0.3 is 4.74 Å². The van der Waals surface area contributed by atoms with Crippen molar-refractivity contribution in [2.24, 2.45) is 0 Å². The largest absolute Gasteiger partial charge is 0.493 e. The van der Waals surface area contributed by atoms with Gasteiger partial charge in [-0.05, 0) is 66.3 Å². The van der Waals surface area contributed by atoms with Gasteiger partial charge in [0.1, 0.15) is 5.75 Å². The van der Waals surface area contributed by atoms with E-state index in [2.05, 4.69) is 54.4 Å². The highest BCUT2D eigenvalue weighted by molar-refractivity contribution is 7.92. The van der Waals surface area contributed by atoms with E-state index in [1.807, 2.05) is 12.3 Å². The van der Waals surface area contributed by atoms with Gasteiger partial charge in [0.15, 0.2) is 5.82 Å². The van der Waals surface area contributed by atoms with Gasteiger partial charge in [-0.3, -0.25) is 14.6 Å². The number of nitrogens with one attached hydrogen (secondary N) is 1. The molecule has 0 saturated carbocycles. The van der Waals surface area contributed by atoms with Gasteiger partial charge in [0.25, 0.3) is 10.0 Å². The number of pyridine rings is 1. The molecule has 0 fully saturated rings. The molecule has 1 aliphatic heterocycles. The third kappa shape index (κ3) is 8.04. The molecule has 0 atom stereocenters. The van der Waals surface area contributed by atoms with Crippen LogP contribution in [0.25, 0.3) is 0 Å². The Morgan fingerprint density at radius 3 is 2.55 bits per heavy atom. The molecule has 2 heterocycles. The van der Waals surface area contributed by atoms with E-state index in [4.69, 9.17) is 4.74 Å². The number of halogens is 1. The molecule has 0 radical (unpaired) electrons. The molecule has 0 aliphatic carbocycles. The molecule has 4 rings (SSSR count). The zero-order valence-corrected chi connectivity index (χ0v) is 25.0. The monoisotopic (exact) mass is 567 g/mol. The summed E-state index contributed by atoms with van der Waals surface area (Å²) in [4.78, 5) is 7.15. The number of hydrogen-bond acceptors (Lipinski definition) is 5. The van der Waals surface area contributed by atoms with Crippen LogP contribution in [0.15, 0.2) is 59.6 Å². The molecule has 3 aromatic rings.